The molecule has 2 aliphatic heterocycles. The van der Waals surface area contributed by atoms with Gasteiger partial charge in [-0.05, 0) is 52.0 Å². The number of nitrogens with zero attached hydrogens (tertiary/aromatic N) is 2. The van der Waals surface area contributed by atoms with Gasteiger partial charge in [0.15, 0.2) is 15.8 Å². The van der Waals surface area contributed by atoms with E-state index in [1.807, 2.05) is 6.92 Å². The lowest BCUT2D eigenvalue weighted by atomic mass is 9.92. The van der Waals surface area contributed by atoms with Crippen molar-refractivity contribution in [2.45, 2.75) is 81.5 Å². The van der Waals surface area contributed by atoms with E-state index in [1.165, 1.54) is 51.3 Å². The van der Waals surface area contributed by atoms with Crippen LogP contribution < -0.4 is 10.6 Å². The van der Waals surface area contributed by atoms with E-state index in [9.17, 15) is 8.42 Å². The largest absolute Gasteiger partial charge is 0.381 e. The molecular formula is C21H41IN4O3S. The molecule has 3 rings (SSSR count). The average Bonchev–Trinajstić information content (AvgIpc) is 2.73. The van der Waals surface area contributed by atoms with Gasteiger partial charge in [0.1, 0.15) is 0 Å². The molecular weight excluding hydrogens is 515 g/mol. The average molecular weight is 557 g/mol. The summed E-state index contributed by atoms with van der Waals surface area (Å²) in [6, 6.07) is 1.11. The van der Waals surface area contributed by atoms with Crippen molar-refractivity contribution in [1.82, 2.24) is 15.5 Å². The lowest BCUT2D eigenvalue weighted by Gasteiger charge is -2.40. The van der Waals surface area contributed by atoms with E-state index in [1.54, 1.807) is 0 Å². The fourth-order valence-electron chi connectivity index (χ4n) is 5.03. The third-order valence-electron chi connectivity index (χ3n) is 6.94. The molecule has 176 valence electrons. The van der Waals surface area contributed by atoms with Gasteiger partial charge in [0, 0.05) is 44.6 Å². The Kier molecular flexibility index (Phi) is 10.6. The summed E-state index contributed by atoms with van der Waals surface area (Å²) in [6.45, 7) is 6.35. The summed E-state index contributed by atoms with van der Waals surface area (Å²) in [5.41, 5.74) is 0. The first-order chi connectivity index (χ1) is 13.9. The molecule has 0 amide bonds. The molecule has 0 aromatic carbocycles. The van der Waals surface area contributed by atoms with Gasteiger partial charge in [-0.2, -0.15) is 0 Å². The molecule has 2 N–H and O–H groups in total. The van der Waals surface area contributed by atoms with Crippen LogP contribution in [0.5, 0.6) is 0 Å². The predicted molar refractivity (Wildman–Crippen MR) is 134 cm³/mol. The van der Waals surface area contributed by atoms with Gasteiger partial charge >= 0.3 is 0 Å². The summed E-state index contributed by atoms with van der Waals surface area (Å²) >= 11 is 0. The van der Waals surface area contributed by atoms with Gasteiger partial charge in [-0.3, -0.25) is 9.89 Å². The molecule has 0 bridgehead atoms. The highest BCUT2D eigenvalue weighted by Crippen LogP contribution is 2.30. The predicted octanol–water partition coefficient (Wildman–Crippen LogP) is 2.55. The Hall–Kier alpha value is -0.130. The van der Waals surface area contributed by atoms with Crippen molar-refractivity contribution in [3.63, 3.8) is 0 Å². The second kappa shape index (κ2) is 12.2. The minimum atomic E-state index is -3.21. The molecule has 3 aliphatic rings. The van der Waals surface area contributed by atoms with Crippen LogP contribution in [-0.4, -0.2) is 81.8 Å². The van der Waals surface area contributed by atoms with Gasteiger partial charge in [0.25, 0.3) is 0 Å². The second-order valence-electron chi connectivity index (χ2n) is 9.03. The number of hydrogen-bond donors (Lipinski definition) is 2. The Morgan fingerprint density at radius 3 is 2.47 bits per heavy atom. The molecule has 3 fully saturated rings. The quantitative estimate of drug-likeness (QED) is 0.298. The number of aliphatic imine (C=N–C) groups is 1. The Morgan fingerprint density at radius 1 is 1.13 bits per heavy atom. The number of ether oxygens (including phenoxy) is 1. The maximum Gasteiger partial charge on any atom is 0.191 e. The van der Waals surface area contributed by atoms with Crippen LogP contribution in [0.25, 0.3) is 0 Å². The highest BCUT2D eigenvalue weighted by Gasteiger charge is 2.42. The summed E-state index contributed by atoms with van der Waals surface area (Å²) in [4.78, 5) is 7.42. The highest BCUT2D eigenvalue weighted by atomic mass is 127. The monoisotopic (exact) mass is 556 g/mol. The first-order valence-corrected chi connectivity index (χ1v) is 13.4. The molecule has 1 aliphatic carbocycles. The van der Waals surface area contributed by atoms with E-state index < -0.39 is 14.6 Å². The Bertz CT molecular complexity index is 647. The molecule has 1 atom stereocenters. The summed E-state index contributed by atoms with van der Waals surface area (Å²) in [5.74, 6) is 0.748. The number of piperidine rings is 1. The molecule has 0 radical (unpaired) electrons. The summed E-state index contributed by atoms with van der Waals surface area (Å²) in [6.07, 6.45) is 11.5. The second-order valence-corrected chi connectivity index (χ2v) is 11.4. The van der Waals surface area contributed by atoms with Gasteiger partial charge in [0.05, 0.1) is 11.3 Å². The fourth-order valence-corrected chi connectivity index (χ4v) is 6.24. The minimum Gasteiger partial charge on any atom is -0.381 e. The Labute approximate surface area is 200 Å². The van der Waals surface area contributed by atoms with Crippen molar-refractivity contribution in [1.29, 1.82) is 0 Å². The maximum atomic E-state index is 12.5. The highest BCUT2D eigenvalue weighted by molar-refractivity contribution is 14.0. The molecule has 2 heterocycles. The first kappa shape index (κ1) is 26.1. The van der Waals surface area contributed by atoms with Gasteiger partial charge in [-0.25, -0.2) is 8.42 Å². The molecule has 0 aromatic rings. The summed E-state index contributed by atoms with van der Waals surface area (Å²) in [7, 11) is -3.21. The van der Waals surface area contributed by atoms with E-state index in [-0.39, 0.29) is 24.0 Å². The zero-order valence-corrected chi connectivity index (χ0v) is 21.8. The zero-order chi connectivity index (χ0) is 20.7. The number of guanidine groups is 1. The van der Waals surface area contributed by atoms with Crippen LogP contribution in [0.1, 0.15) is 64.7 Å². The third kappa shape index (κ3) is 6.93. The Morgan fingerprint density at radius 2 is 1.83 bits per heavy atom. The van der Waals surface area contributed by atoms with E-state index >= 15 is 0 Å². The van der Waals surface area contributed by atoms with Crippen LogP contribution in [0.3, 0.4) is 0 Å². The number of rotatable bonds is 6. The summed E-state index contributed by atoms with van der Waals surface area (Å²) in [5, 5.41) is 6.93. The van der Waals surface area contributed by atoms with Crippen molar-refractivity contribution >= 4 is 39.8 Å². The van der Waals surface area contributed by atoms with Gasteiger partial charge in [-0.15, -0.1) is 24.0 Å². The van der Waals surface area contributed by atoms with Crippen molar-refractivity contribution in [2.24, 2.45) is 4.99 Å². The molecule has 1 saturated carbocycles. The lowest BCUT2D eigenvalue weighted by molar-refractivity contribution is 0.0767. The van der Waals surface area contributed by atoms with E-state index in [4.69, 9.17) is 9.73 Å². The number of hydrogen-bond acceptors (Lipinski definition) is 5. The molecule has 0 spiro atoms. The van der Waals surface area contributed by atoms with Gasteiger partial charge < -0.3 is 15.4 Å². The SMILES string of the molecule is CCNC(=NCC1(S(C)(=O)=O)CCOCC1)NC1CCCN(C2CCCCC2)C1.I. The zero-order valence-electron chi connectivity index (χ0n) is 18.7. The van der Waals surface area contributed by atoms with Crippen LogP contribution in [0.4, 0.5) is 0 Å². The number of likely N-dealkylation sites (tertiary alicyclic amines) is 1. The van der Waals surface area contributed by atoms with Gasteiger partial charge in [-0.1, -0.05) is 19.3 Å². The number of halogens is 1. The molecule has 0 aromatic heterocycles. The van der Waals surface area contributed by atoms with Crippen LogP contribution in [-0.2, 0) is 14.6 Å². The first-order valence-electron chi connectivity index (χ1n) is 11.5. The van der Waals surface area contributed by atoms with E-state index in [0.717, 1.165) is 31.5 Å². The third-order valence-corrected chi connectivity index (χ3v) is 9.06. The molecule has 1 unspecified atom stereocenters. The lowest BCUT2D eigenvalue weighted by Crippen LogP contribution is -2.54. The van der Waals surface area contributed by atoms with E-state index in [2.05, 4.69) is 15.5 Å². The molecule has 9 heteroatoms. The van der Waals surface area contributed by atoms with Crippen LogP contribution in [0.15, 0.2) is 4.99 Å². The topological polar surface area (TPSA) is 83.0 Å². The molecule has 7 nitrogen and oxygen atoms in total. The van der Waals surface area contributed by atoms with Crippen molar-refractivity contribution in [3.8, 4) is 0 Å². The number of sulfone groups is 1. The smallest absolute Gasteiger partial charge is 0.191 e. The molecule has 2 saturated heterocycles. The van der Waals surface area contributed by atoms with Crippen molar-refractivity contribution in [2.75, 3.05) is 45.6 Å². The number of nitrogens with one attached hydrogen (secondary N) is 2. The standard InChI is InChI=1S/C21H40N4O3S.HI/c1-3-22-20(23-17-21(29(2,26)27)11-14-28-15-12-21)24-18-8-7-13-25(16-18)19-9-5-4-6-10-19;/h18-19H,3-17H2,1-2H3,(H2,22,23,24);1H. The van der Waals surface area contributed by atoms with Crippen molar-refractivity contribution in [3.05, 3.63) is 0 Å². The van der Waals surface area contributed by atoms with Crippen LogP contribution in [0, 0.1) is 0 Å². The molecule has 30 heavy (non-hydrogen) atoms. The van der Waals surface area contributed by atoms with Crippen LogP contribution >= 0.6 is 24.0 Å². The maximum absolute atomic E-state index is 12.5. The summed E-state index contributed by atoms with van der Waals surface area (Å²) < 4.78 is 29.6. The fraction of sp³-hybridized carbons (Fsp3) is 0.952. The normalized spacial score (nSPS) is 26.6. The van der Waals surface area contributed by atoms with Crippen molar-refractivity contribution < 1.29 is 13.2 Å². The minimum absolute atomic E-state index is 0. The van der Waals surface area contributed by atoms with Crippen LogP contribution in [0.2, 0.25) is 0 Å². The van der Waals surface area contributed by atoms with Gasteiger partial charge in [0.2, 0.25) is 0 Å². The van der Waals surface area contributed by atoms with E-state index in [0.29, 0.717) is 38.6 Å². The Balaban J connectivity index is 0.00000320.